The molecule has 1 heterocycles. The van der Waals surface area contributed by atoms with Crippen LogP contribution in [0.4, 0.5) is 0 Å². The van der Waals surface area contributed by atoms with Gasteiger partial charge in [-0.3, -0.25) is 9.69 Å². The van der Waals surface area contributed by atoms with Crippen LogP contribution in [-0.4, -0.2) is 54.5 Å². The maximum Gasteiger partial charge on any atom is 0.263 e. The van der Waals surface area contributed by atoms with Crippen LogP contribution in [0.3, 0.4) is 0 Å². The Morgan fingerprint density at radius 2 is 2.00 bits per heavy atom. The van der Waals surface area contributed by atoms with Gasteiger partial charge in [-0.1, -0.05) is 23.8 Å². The van der Waals surface area contributed by atoms with Gasteiger partial charge in [-0.25, -0.2) is 0 Å². The number of nitrogens with zero attached hydrogens (tertiary/aromatic N) is 2. The molecule has 4 heteroatoms. The van der Waals surface area contributed by atoms with Crippen LogP contribution in [-0.2, 0) is 4.79 Å². The molecule has 1 aliphatic heterocycles. The van der Waals surface area contributed by atoms with Crippen molar-refractivity contribution in [2.45, 2.75) is 26.9 Å². The maximum absolute atomic E-state index is 12.5. The van der Waals surface area contributed by atoms with E-state index in [1.807, 2.05) is 43.9 Å². The summed E-state index contributed by atoms with van der Waals surface area (Å²) in [6.07, 6.45) is 1.45. The fourth-order valence-electron chi connectivity index (χ4n) is 2.76. The zero-order chi connectivity index (χ0) is 16.1. The monoisotopic (exact) mass is 302 g/mol. The van der Waals surface area contributed by atoms with E-state index < -0.39 is 6.10 Å². The Hall–Kier alpha value is -1.81. The lowest BCUT2D eigenvalue weighted by Crippen LogP contribution is -2.51. The zero-order valence-corrected chi connectivity index (χ0v) is 13.8. The molecule has 120 valence electrons. The molecule has 0 aliphatic carbocycles. The number of rotatable bonds is 5. The molecule has 0 saturated carbocycles. The molecule has 4 nitrogen and oxygen atoms in total. The van der Waals surface area contributed by atoms with Crippen molar-refractivity contribution in [3.8, 4) is 5.75 Å². The number of benzene rings is 1. The van der Waals surface area contributed by atoms with Crippen molar-refractivity contribution >= 4 is 5.91 Å². The van der Waals surface area contributed by atoms with Gasteiger partial charge < -0.3 is 9.64 Å². The molecule has 22 heavy (non-hydrogen) atoms. The minimum atomic E-state index is -0.452. The summed E-state index contributed by atoms with van der Waals surface area (Å²) in [5.41, 5.74) is 2.26. The van der Waals surface area contributed by atoms with E-state index in [4.69, 9.17) is 4.74 Å². The van der Waals surface area contributed by atoms with Crippen molar-refractivity contribution in [1.82, 2.24) is 9.80 Å². The number of amides is 1. The predicted octanol–water partition coefficient (Wildman–Crippen LogP) is 2.40. The molecule has 1 atom stereocenters. The molecule has 0 unspecified atom stereocenters. The molecule has 1 amide bonds. The van der Waals surface area contributed by atoms with E-state index in [0.29, 0.717) is 0 Å². The highest BCUT2D eigenvalue weighted by molar-refractivity contribution is 5.81. The second kappa shape index (κ2) is 7.45. The van der Waals surface area contributed by atoms with Crippen molar-refractivity contribution in [3.63, 3.8) is 0 Å². The van der Waals surface area contributed by atoms with Crippen LogP contribution in [0.2, 0.25) is 0 Å². The number of piperazine rings is 1. The van der Waals surface area contributed by atoms with Crippen LogP contribution in [0.15, 0.2) is 30.9 Å². The zero-order valence-electron chi connectivity index (χ0n) is 13.8. The minimum Gasteiger partial charge on any atom is -0.481 e. The second-order valence-corrected chi connectivity index (χ2v) is 5.94. The van der Waals surface area contributed by atoms with Gasteiger partial charge in [-0.15, -0.1) is 6.58 Å². The van der Waals surface area contributed by atoms with Crippen LogP contribution < -0.4 is 4.74 Å². The molecular weight excluding hydrogens is 276 g/mol. The van der Waals surface area contributed by atoms with Gasteiger partial charge in [0.15, 0.2) is 6.10 Å². The van der Waals surface area contributed by atoms with E-state index in [1.165, 1.54) is 5.56 Å². The molecule has 2 rings (SSSR count). The molecule has 1 saturated heterocycles. The second-order valence-electron chi connectivity index (χ2n) is 5.94. The van der Waals surface area contributed by atoms with E-state index >= 15 is 0 Å². The molecule has 1 aliphatic rings. The highest BCUT2D eigenvalue weighted by atomic mass is 16.5. The smallest absolute Gasteiger partial charge is 0.263 e. The Labute approximate surface area is 133 Å². The van der Waals surface area contributed by atoms with Gasteiger partial charge in [0, 0.05) is 32.7 Å². The van der Waals surface area contributed by atoms with Gasteiger partial charge in [0.25, 0.3) is 5.91 Å². The third kappa shape index (κ3) is 4.10. The van der Waals surface area contributed by atoms with E-state index in [2.05, 4.69) is 17.5 Å². The summed E-state index contributed by atoms with van der Waals surface area (Å²) in [5, 5.41) is 0. The normalized spacial score (nSPS) is 17.1. The minimum absolute atomic E-state index is 0.0678. The Bertz CT molecular complexity index is 534. The van der Waals surface area contributed by atoms with Crippen molar-refractivity contribution in [1.29, 1.82) is 0 Å². The Balaban J connectivity index is 1.91. The first-order valence-electron chi connectivity index (χ1n) is 7.87. The molecule has 1 aromatic rings. The Kier molecular flexibility index (Phi) is 5.61. The van der Waals surface area contributed by atoms with Gasteiger partial charge in [0.2, 0.25) is 0 Å². The van der Waals surface area contributed by atoms with Gasteiger partial charge in [0.1, 0.15) is 5.75 Å². The van der Waals surface area contributed by atoms with Crippen molar-refractivity contribution in [2.75, 3.05) is 32.7 Å². The summed E-state index contributed by atoms with van der Waals surface area (Å²) in [6, 6.07) is 6.02. The number of carbonyl (C=O) groups is 1. The van der Waals surface area contributed by atoms with Crippen molar-refractivity contribution in [3.05, 3.63) is 42.0 Å². The fourth-order valence-corrected chi connectivity index (χ4v) is 2.76. The van der Waals surface area contributed by atoms with Crippen LogP contribution in [0.25, 0.3) is 0 Å². The highest BCUT2D eigenvalue weighted by Crippen LogP contribution is 2.20. The maximum atomic E-state index is 12.5. The number of hydrogen-bond donors (Lipinski definition) is 0. The average molecular weight is 302 g/mol. The number of hydrogen-bond acceptors (Lipinski definition) is 3. The lowest BCUT2D eigenvalue weighted by molar-refractivity contribution is -0.139. The standard InChI is InChI=1S/C18H26N2O2/c1-5-8-19-9-11-20(12-10-19)18(21)16(4)22-17-7-6-14(2)13-15(17)3/h5-7,13,16H,1,8-12H2,2-4H3/t16-/m1/s1. The molecule has 0 N–H and O–H groups in total. The third-order valence-electron chi connectivity index (χ3n) is 4.05. The Morgan fingerprint density at radius 3 is 2.59 bits per heavy atom. The summed E-state index contributed by atoms with van der Waals surface area (Å²) in [7, 11) is 0. The summed E-state index contributed by atoms with van der Waals surface area (Å²) in [6.45, 7) is 13.8. The SMILES string of the molecule is C=CCN1CCN(C(=O)[C@@H](C)Oc2ccc(C)cc2C)CC1. The van der Waals surface area contributed by atoms with Gasteiger partial charge in [-0.2, -0.15) is 0 Å². The van der Waals surface area contributed by atoms with Crippen LogP contribution in [0, 0.1) is 13.8 Å². The average Bonchev–Trinajstić information content (AvgIpc) is 2.50. The summed E-state index contributed by atoms with van der Waals surface area (Å²) >= 11 is 0. The van der Waals surface area contributed by atoms with Crippen LogP contribution in [0.5, 0.6) is 5.75 Å². The summed E-state index contributed by atoms with van der Waals surface area (Å²) in [4.78, 5) is 16.7. The number of aryl methyl sites for hydroxylation is 2. The van der Waals surface area contributed by atoms with E-state index in [0.717, 1.165) is 44.0 Å². The number of ether oxygens (including phenoxy) is 1. The number of carbonyl (C=O) groups excluding carboxylic acids is 1. The molecule has 1 aromatic carbocycles. The summed E-state index contributed by atoms with van der Waals surface area (Å²) < 4.78 is 5.87. The first-order chi connectivity index (χ1) is 10.5. The lowest BCUT2D eigenvalue weighted by Gasteiger charge is -2.35. The van der Waals surface area contributed by atoms with E-state index in [1.54, 1.807) is 0 Å². The molecule has 0 bridgehead atoms. The molecule has 0 aromatic heterocycles. The van der Waals surface area contributed by atoms with Crippen molar-refractivity contribution < 1.29 is 9.53 Å². The first kappa shape index (κ1) is 16.6. The van der Waals surface area contributed by atoms with Crippen molar-refractivity contribution in [2.24, 2.45) is 0 Å². The van der Waals surface area contributed by atoms with Gasteiger partial charge in [0.05, 0.1) is 0 Å². The van der Waals surface area contributed by atoms with Crippen LogP contribution >= 0.6 is 0 Å². The third-order valence-corrected chi connectivity index (χ3v) is 4.05. The predicted molar refractivity (Wildman–Crippen MR) is 89.2 cm³/mol. The van der Waals surface area contributed by atoms with Gasteiger partial charge in [-0.05, 0) is 32.4 Å². The first-order valence-corrected chi connectivity index (χ1v) is 7.87. The quantitative estimate of drug-likeness (QED) is 0.783. The largest absolute Gasteiger partial charge is 0.481 e. The Morgan fingerprint density at radius 1 is 1.32 bits per heavy atom. The lowest BCUT2D eigenvalue weighted by atomic mass is 10.1. The molecular formula is C18H26N2O2. The molecule has 1 fully saturated rings. The highest BCUT2D eigenvalue weighted by Gasteiger charge is 2.25. The van der Waals surface area contributed by atoms with E-state index in [9.17, 15) is 4.79 Å². The summed E-state index contributed by atoms with van der Waals surface area (Å²) in [5.74, 6) is 0.856. The topological polar surface area (TPSA) is 32.8 Å². The molecule has 0 radical (unpaired) electrons. The fraction of sp³-hybridized carbons (Fsp3) is 0.500. The van der Waals surface area contributed by atoms with Gasteiger partial charge >= 0.3 is 0 Å². The van der Waals surface area contributed by atoms with E-state index in [-0.39, 0.29) is 5.91 Å². The molecule has 0 spiro atoms. The van der Waals surface area contributed by atoms with Crippen LogP contribution in [0.1, 0.15) is 18.1 Å².